The van der Waals surface area contributed by atoms with Gasteiger partial charge in [-0.25, -0.2) is 4.79 Å². The molecular weight excluding hydrogens is 498 g/mol. The smallest absolute Gasteiger partial charge is 0.336 e. The number of dihydropyridines is 1. The molecule has 0 fully saturated rings. The van der Waals surface area contributed by atoms with Gasteiger partial charge in [0.1, 0.15) is 11.5 Å². The van der Waals surface area contributed by atoms with Crippen LogP contribution < -0.4 is 24.3 Å². The van der Waals surface area contributed by atoms with Gasteiger partial charge in [0.15, 0.2) is 17.3 Å². The van der Waals surface area contributed by atoms with E-state index in [9.17, 15) is 9.59 Å². The average Bonchev–Trinajstić information content (AvgIpc) is 2.95. The molecular formula is C31H37NO7. The summed E-state index contributed by atoms with van der Waals surface area (Å²) in [6.07, 6.45) is 2.57. The molecule has 0 bridgehead atoms. The monoisotopic (exact) mass is 535 g/mol. The lowest BCUT2D eigenvalue weighted by Gasteiger charge is -2.37. The number of carbonyl (C=O) groups excluding carboxylic acids is 2. The topological polar surface area (TPSA) is 92.3 Å². The first-order valence-corrected chi connectivity index (χ1v) is 13.2. The summed E-state index contributed by atoms with van der Waals surface area (Å²) in [7, 11) is 6.34. The van der Waals surface area contributed by atoms with E-state index >= 15 is 0 Å². The second-order valence-electron chi connectivity index (χ2n) is 9.73. The first kappa shape index (κ1) is 28.1. The fourth-order valence-corrected chi connectivity index (χ4v) is 5.41. The fourth-order valence-electron chi connectivity index (χ4n) is 5.41. The summed E-state index contributed by atoms with van der Waals surface area (Å²) in [5.41, 5.74) is 4.16. The molecule has 1 aliphatic heterocycles. The Kier molecular flexibility index (Phi) is 8.84. The molecule has 1 heterocycles. The lowest BCUT2D eigenvalue weighted by atomic mass is 9.71. The van der Waals surface area contributed by atoms with Crippen molar-refractivity contribution in [2.24, 2.45) is 0 Å². The van der Waals surface area contributed by atoms with Crippen LogP contribution in [-0.2, 0) is 14.3 Å². The lowest BCUT2D eigenvalue weighted by molar-refractivity contribution is -0.139. The Morgan fingerprint density at radius 3 is 2.33 bits per heavy atom. The van der Waals surface area contributed by atoms with E-state index in [1.54, 1.807) is 34.5 Å². The predicted molar refractivity (Wildman–Crippen MR) is 148 cm³/mol. The summed E-state index contributed by atoms with van der Waals surface area (Å²) in [5, 5.41) is 3.40. The Labute approximate surface area is 229 Å². The number of nitrogens with one attached hydrogen (secondary N) is 1. The summed E-state index contributed by atoms with van der Waals surface area (Å²) in [5.74, 6) is 1.26. The van der Waals surface area contributed by atoms with Gasteiger partial charge in [0.2, 0.25) is 0 Å². The third kappa shape index (κ3) is 5.60. The average molecular weight is 536 g/mol. The Balaban J connectivity index is 1.79. The molecule has 0 aromatic heterocycles. The van der Waals surface area contributed by atoms with Gasteiger partial charge < -0.3 is 29.0 Å². The molecule has 2 aliphatic rings. The van der Waals surface area contributed by atoms with E-state index in [0.717, 1.165) is 24.1 Å². The van der Waals surface area contributed by atoms with Gasteiger partial charge in [-0.15, -0.1) is 0 Å². The third-order valence-electron chi connectivity index (χ3n) is 7.41. The maximum absolute atomic E-state index is 13.9. The van der Waals surface area contributed by atoms with Gasteiger partial charge in [-0.1, -0.05) is 25.5 Å². The van der Waals surface area contributed by atoms with Crippen molar-refractivity contribution in [1.29, 1.82) is 0 Å². The number of unbranched alkanes of at least 4 members (excludes halogenated alkanes) is 1. The summed E-state index contributed by atoms with van der Waals surface area (Å²) in [6, 6.07) is 11.2. The molecule has 1 aliphatic carbocycles. The first-order valence-electron chi connectivity index (χ1n) is 13.2. The van der Waals surface area contributed by atoms with E-state index in [4.69, 9.17) is 23.7 Å². The van der Waals surface area contributed by atoms with Gasteiger partial charge in [-0.05, 0) is 49.4 Å². The van der Waals surface area contributed by atoms with E-state index in [0.29, 0.717) is 64.9 Å². The van der Waals surface area contributed by atoms with Gasteiger partial charge in [0.05, 0.1) is 46.5 Å². The predicted octanol–water partition coefficient (Wildman–Crippen LogP) is 5.43. The SMILES string of the molecule is CCCCOC(=O)C1=C(C)NC2=C(C(=O)C[C@@H](c3ccc(OC)c(OC)c3)C2)[C@@H]1c1ccc(OC)cc1OC. The molecule has 208 valence electrons. The number of ether oxygens (including phenoxy) is 5. The second kappa shape index (κ2) is 12.3. The van der Waals surface area contributed by atoms with E-state index in [-0.39, 0.29) is 11.7 Å². The molecule has 8 nitrogen and oxygen atoms in total. The van der Waals surface area contributed by atoms with Crippen molar-refractivity contribution in [3.63, 3.8) is 0 Å². The summed E-state index contributed by atoms with van der Waals surface area (Å²) < 4.78 is 27.6. The molecule has 0 radical (unpaired) electrons. The van der Waals surface area contributed by atoms with Gasteiger partial charge >= 0.3 is 5.97 Å². The number of methoxy groups -OCH3 is 4. The Hall–Kier alpha value is -3.94. The van der Waals surface area contributed by atoms with Gasteiger partial charge in [0.25, 0.3) is 0 Å². The Bertz CT molecular complexity index is 1310. The number of ketones is 1. The van der Waals surface area contributed by atoms with Gasteiger partial charge in [-0.3, -0.25) is 4.79 Å². The normalized spacial score (nSPS) is 18.8. The third-order valence-corrected chi connectivity index (χ3v) is 7.41. The van der Waals surface area contributed by atoms with E-state index in [1.165, 1.54) is 0 Å². The zero-order valence-corrected chi connectivity index (χ0v) is 23.5. The molecule has 0 unspecified atom stereocenters. The highest BCUT2D eigenvalue weighted by atomic mass is 16.5. The number of carbonyl (C=O) groups is 2. The van der Waals surface area contributed by atoms with Crippen LogP contribution in [0.4, 0.5) is 0 Å². The Morgan fingerprint density at radius 2 is 1.67 bits per heavy atom. The van der Waals surface area contributed by atoms with Gasteiger partial charge in [-0.2, -0.15) is 0 Å². The number of allylic oxidation sites excluding steroid dienone is 3. The number of hydrogen-bond acceptors (Lipinski definition) is 8. The lowest BCUT2D eigenvalue weighted by Crippen LogP contribution is -2.36. The highest BCUT2D eigenvalue weighted by Crippen LogP contribution is 2.48. The molecule has 0 saturated carbocycles. The maximum atomic E-state index is 13.9. The minimum absolute atomic E-state index is 0.0298. The van der Waals surface area contributed by atoms with Crippen molar-refractivity contribution < 1.29 is 33.3 Å². The maximum Gasteiger partial charge on any atom is 0.336 e. The van der Waals surface area contributed by atoms with Crippen LogP contribution in [0.5, 0.6) is 23.0 Å². The van der Waals surface area contributed by atoms with Crippen LogP contribution in [0.2, 0.25) is 0 Å². The van der Waals surface area contributed by atoms with E-state index < -0.39 is 11.9 Å². The highest BCUT2D eigenvalue weighted by Gasteiger charge is 2.42. The molecule has 0 saturated heterocycles. The van der Waals surface area contributed by atoms with Crippen LogP contribution in [0.25, 0.3) is 0 Å². The molecule has 0 spiro atoms. The highest BCUT2D eigenvalue weighted by molar-refractivity contribution is 6.04. The first-order chi connectivity index (χ1) is 18.9. The van der Waals surface area contributed by atoms with E-state index in [1.807, 2.05) is 44.2 Å². The van der Waals surface area contributed by atoms with Crippen LogP contribution in [0.3, 0.4) is 0 Å². The number of esters is 1. The number of Topliss-reactive ketones (excluding diaryl/α,β-unsaturated/α-hetero) is 1. The zero-order valence-electron chi connectivity index (χ0n) is 23.5. The fraction of sp³-hybridized carbons (Fsp3) is 0.419. The second-order valence-corrected chi connectivity index (χ2v) is 9.73. The van der Waals surface area contributed by atoms with Crippen LogP contribution in [-0.4, -0.2) is 46.8 Å². The summed E-state index contributed by atoms with van der Waals surface area (Å²) in [4.78, 5) is 27.4. The minimum atomic E-state index is -0.630. The van der Waals surface area contributed by atoms with Crippen LogP contribution in [0.1, 0.15) is 62.5 Å². The molecule has 8 heteroatoms. The Morgan fingerprint density at radius 1 is 0.923 bits per heavy atom. The van der Waals surface area contributed by atoms with Gasteiger partial charge in [0, 0.05) is 35.0 Å². The molecule has 2 aromatic rings. The molecule has 2 atom stereocenters. The molecule has 2 aromatic carbocycles. The molecule has 0 amide bonds. The largest absolute Gasteiger partial charge is 0.497 e. The number of benzene rings is 2. The molecule has 1 N–H and O–H groups in total. The summed E-state index contributed by atoms with van der Waals surface area (Å²) >= 11 is 0. The quantitative estimate of drug-likeness (QED) is 0.318. The van der Waals surface area contributed by atoms with Crippen LogP contribution in [0.15, 0.2) is 58.9 Å². The standard InChI is InChI=1S/C31H37NO7/c1-7-8-13-39-31(34)28-18(2)32-23-14-20(19-9-12-25(36-4)27(16-19)38-6)15-24(33)30(23)29(28)22-11-10-21(35-3)17-26(22)37-5/h9-12,16-17,20,29,32H,7-8,13-15H2,1-6H3/t20-,29+/m0/s1. The zero-order chi connectivity index (χ0) is 28.1. The van der Waals surface area contributed by atoms with Crippen molar-refractivity contribution >= 4 is 11.8 Å². The van der Waals surface area contributed by atoms with Crippen molar-refractivity contribution in [1.82, 2.24) is 5.32 Å². The van der Waals surface area contributed by atoms with Crippen molar-refractivity contribution in [3.8, 4) is 23.0 Å². The number of rotatable bonds is 10. The minimum Gasteiger partial charge on any atom is -0.497 e. The molecule has 4 rings (SSSR count). The van der Waals surface area contributed by atoms with Crippen molar-refractivity contribution in [2.45, 2.75) is 51.4 Å². The van der Waals surface area contributed by atoms with Crippen molar-refractivity contribution in [3.05, 3.63) is 70.1 Å². The van der Waals surface area contributed by atoms with Crippen LogP contribution in [0, 0.1) is 0 Å². The number of hydrogen-bond donors (Lipinski definition) is 1. The van der Waals surface area contributed by atoms with Crippen LogP contribution >= 0.6 is 0 Å². The summed E-state index contributed by atoms with van der Waals surface area (Å²) in [6.45, 7) is 4.21. The molecule has 39 heavy (non-hydrogen) atoms. The van der Waals surface area contributed by atoms with E-state index in [2.05, 4.69) is 5.32 Å². The van der Waals surface area contributed by atoms with Crippen molar-refractivity contribution in [2.75, 3.05) is 35.0 Å².